The minimum atomic E-state index is -0.000107. The second-order valence-corrected chi connectivity index (χ2v) is 6.36. The molecule has 1 aliphatic heterocycles. The molecule has 3 aromatic heterocycles. The van der Waals surface area contributed by atoms with Crippen LogP contribution in [-0.4, -0.2) is 40.6 Å². The summed E-state index contributed by atoms with van der Waals surface area (Å²) in [5.74, 6) is 2.11. The van der Waals surface area contributed by atoms with Crippen molar-refractivity contribution < 1.29 is 18.0 Å². The van der Waals surface area contributed by atoms with Crippen LogP contribution in [0.15, 0.2) is 50.2 Å². The zero-order chi connectivity index (χ0) is 17.8. The Morgan fingerprint density at radius 3 is 2.85 bits per heavy atom. The standard InChI is InChI=1S/C18H20N4O4/c23-16(19-10-15-2-1-8-25-15)11-22-6-3-13(4-7-22)17-20-21-18(26-17)14-5-9-24-12-14/h1-2,5,8-9,12-13H,3-4,6-7,10-11H2,(H,19,23). The van der Waals surface area contributed by atoms with Gasteiger partial charge < -0.3 is 18.6 Å². The molecule has 1 aliphatic rings. The first-order chi connectivity index (χ1) is 12.8. The Hall–Kier alpha value is -2.87. The maximum absolute atomic E-state index is 12.0. The highest BCUT2D eigenvalue weighted by molar-refractivity contribution is 5.77. The molecule has 0 unspecified atom stereocenters. The van der Waals surface area contributed by atoms with Crippen molar-refractivity contribution in [1.29, 1.82) is 0 Å². The molecule has 0 bridgehead atoms. The molecule has 3 aromatic rings. The highest BCUT2D eigenvalue weighted by atomic mass is 16.4. The summed E-state index contributed by atoms with van der Waals surface area (Å²) < 4.78 is 16.0. The van der Waals surface area contributed by atoms with Gasteiger partial charge in [0.15, 0.2) is 0 Å². The summed E-state index contributed by atoms with van der Waals surface area (Å²) >= 11 is 0. The van der Waals surface area contributed by atoms with Gasteiger partial charge in [-0.25, -0.2) is 0 Å². The zero-order valence-corrected chi connectivity index (χ0v) is 14.3. The van der Waals surface area contributed by atoms with E-state index in [1.54, 1.807) is 24.9 Å². The summed E-state index contributed by atoms with van der Waals surface area (Å²) in [6.45, 7) is 2.45. The fourth-order valence-corrected chi connectivity index (χ4v) is 3.10. The molecule has 1 saturated heterocycles. The molecule has 0 aromatic carbocycles. The number of rotatable bonds is 6. The van der Waals surface area contributed by atoms with E-state index in [4.69, 9.17) is 13.3 Å². The fourth-order valence-electron chi connectivity index (χ4n) is 3.10. The molecule has 0 atom stereocenters. The van der Waals surface area contributed by atoms with Crippen LogP contribution in [0.25, 0.3) is 11.5 Å². The van der Waals surface area contributed by atoms with Gasteiger partial charge in [0.25, 0.3) is 5.89 Å². The molecule has 0 spiro atoms. The molecule has 0 radical (unpaired) electrons. The lowest BCUT2D eigenvalue weighted by Crippen LogP contribution is -2.41. The number of hydrogen-bond acceptors (Lipinski definition) is 7. The third kappa shape index (κ3) is 3.85. The van der Waals surface area contributed by atoms with Crippen molar-refractivity contribution in [2.24, 2.45) is 0 Å². The van der Waals surface area contributed by atoms with Crippen molar-refractivity contribution in [3.05, 3.63) is 48.6 Å². The first-order valence-corrected chi connectivity index (χ1v) is 8.65. The number of nitrogens with one attached hydrogen (secondary N) is 1. The van der Waals surface area contributed by atoms with E-state index >= 15 is 0 Å². The monoisotopic (exact) mass is 356 g/mol. The van der Waals surface area contributed by atoms with Crippen molar-refractivity contribution in [3.63, 3.8) is 0 Å². The van der Waals surface area contributed by atoms with E-state index in [0.29, 0.717) is 24.9 Å². The van der Waals surface area contributed by atoms with Crippen LogP contribution in [0, 0.1) is 0 Å². The normalized spacial score (nSPS) is 16.0. The van der Waals surface area contributed by atoms with Crippen molar-refractivity contribution in [3.8, 4) is 11.5 Å². The predicted molar refractivity (Wildman–Crippen MR) is 91.0 cm³/mol. The lowest BCUT2D eigenvalue weighted by Gasteiger charge is -2.29. The van der Waals surface area contributed by atoms with Gasteiger partial charge in [-0.15, -0.1) is 10.2 Å². The first kappa shape index (κ1) is 16.6. The summed E-state index contributed by atoms with van der Waals surface area (Å²) in [7, 11) is 0. The fraction of sp³-hybridized carbons (Fsp3) is 0.389. The molecule has 8 nitrogen and oxygen atoms in total. The molecule has 1 amide bonds. The lowest BCUT2D eigenvalue weighted by molar-refractivity contribution is -0.122. The van der Waals surface area contributed by atoms with Crippen molar-refractivity contribution in [1.82, 2.24) is 20.4 Å². The topological polar surface area (TPSA) is 97.5 Å². The van der Waals surface area contributed by atoms with Gasteiger partial charge in [-0.1, -0.05) is 0 Å². The lowest BCUT2D eigenvalue weighted by atomic mass is 9.97. The smallest absolute Gasteiger partial charge is 0.250 e. The summed E-state index contributed by atoms with van der Waals surface area (Å²) in [6, 6.07) is 5.44. The van der Waals surface area contributed by atoms with E-state index in [-0.39, 0.29) is 11.8 Å². The second kappa shape index (κ2) is 7.57. The number of aromatic nitrogens is 2. The van der Waals surface area contributed by atoms with E-state index in [2.05, 4.69) is 20.4 Å². The summed E-state index contributed by atoms with van der Waals surface area (Å²) in [5.41, 5.74) is 0.786. The summed E-state index contributed by atoms with van der Waals surface area (Å²) in [4.78, 5) is 14.2. The minimum absolute atomic E-state index is 0.000107. The van der Waals surface area contributed by atoms with Gasteiger partial charge >= 0.3 is 0 Å². The van der Waals surface area contributed by atoms with Crippen LogP contribution < -0.4 is 5.32 Å². The van der Waals surface area contributed by atoms with Crippen LogP contribution in [0.2, 0.25) is 0 Å². The highest BCUT2D eigenvalue weighted by Gasteiger charge is 2.26. The molecule has 4 rings (SSSR count). The largest absolute Gasteiger partial charge is 0.472 e. The number of piperidine rings is 1. The van der Waals surface area contributed by atoms with E-state index < -0.39 is 0 Å². The molecule has 8 heteroatoms. The summed E-state index contributed by atoms with van der Waals surface area (Å²) in [5, 5.41) is 11.1. The molecule has 4 heterocycles. The van der Waals surface area contributed by atoms with Crippen LogP contribution in [0.5, 0.6) is 0 Å². The molecular weight excluding hydrogens is 336 g/mol. The number of carbonyl (C=O) groups is 1. The number of hydrogen-bond donors (Lipinski definition) is 1. The summed E-state index contributed by atoms with van der Waals surface area (Å²) in [6.07, 6.45) is 6.54. The Kier molecular flexibility index (Phi) is 4.83. The van der Waals surface area contributed by atoms with Crippen LogP contribution in [0.4, 0.5) is 0 Å². The molecular formula is C18H20N4O4. The van der Waals surface area contributed by atoms with E-state index in [9.17, 15) is 4.79 Å². The number of furan rings is 2. The maximum Gasteiger partial charge on any atom is 0.250 e. The van der Waals surface area contributed by atoms with E-state index in [1.807, 2.05) is 12.1 Å². The van der Waals surface area contributed by atoms with Gasteiger partial charge in [-0.05, 0) is 44.1 Å². The van der Waals surface area contributed by atoms with Gasteiger partial charge in [-0.2, -0.15) is 0 Å². The molecule has 1 N–H and O–H groups in total. The van der Waals surface area contributed by atoms with Gasteiger partial charge in [0.05, 0.1) is 31.2 Å². The Bertz CT molecular complexity index is 817. The second-order valence-electron chi connectivity index (χ2n) is 6.36. The maximum atomic E-state index is 12.0. The van der Waals surface area contributed by atoms with E-state index in [1.165, 1.54) is 0 Å². The highest BCUT2D eigenvalue weighted by Crippen LogP contribution is 2.29. The Labute approximate surface area is 150 Å². The third-order valence-electron chi connectivity index (χ3n) is 4.55. The third-order valence-corrected chi connectivity index (χ3v) is 4.55. The molecule has 0 aliphatic carbocycles. The molecule has 26 heavy (non-hydrogen) atoms. The Morgan fingerprint density at radius 1 is 1.23 bits per heavy atom. The molecule has 1 fully saturated rings. The number of likely N-dealkylation sites (tertiary alicyclic amines) is 1. The first-order valence-electron chi connectivity index (χ1n) is 8.65. The molecule has 136 valence electrons. The van der Waals surface area contributed by atoms with Gasteiger partial charge in [0, 0.05) is 5.92 Å². The Morgan fingerprint density at radius 2 is 2.12 bits per heavy atom. The SMILES string of the molecule is O=C(CN1CCC(c2nnc(-c3ccoc3)o2)CC1)NCc1ccco1. The van der Waals surface area contributed by atoms with Crippen molar-refractivity contribution in [2.45, 2.75) is 25.3 Å². The average Bonchev–Trinajstić information content (AvgIpc) is 3.42. The van der Waals surface area contributed by atoms with E-state index in [0.717, 1.165) is 37.3 Å². The minimum Gasteiger partial charge on any atom is -0.472 e. The number of nitrogens with zero attached hydrogens (tertiary/aromatic N) is 3. The van der Waals surface area contributed by atoms with Crippen molar-refractivity contribution >= 4 is 5.91 Å². The predicted octanol–water partition coefficient (Wildman–Crippen LogP) is 2.42. The van der Waals surface area contributed by atoms with Crippen LogP contribution in [0.1, 0.15) is 30.4 Å². The van der Waals surface area contributed by atoms with Crippen LogP contribution in [-0.2, 0) is 11.3 Å². The quantitative estimate of drug-likeness (QED) is 0.724. The van der Waals surface area contributed by atoms with Crippen LogP contribution >= 0.6 is 0 Å². The Balaban J connectivity index is 1.24. The van der Waals surface area contributed by atoms with Crippen LogP contribution in [0.3, 0.4) is 0 Å². The average molecular weight is 356 g/mol. The zero-order valence-electron chi connectivity index (χ0n) is 14.3. The van der Waals surface area contributed by atoms with Gasteiger partial charge in [0.1, 0.15) is 12.0 Å². The van der Waals surface area contributed by atoms with Gasteiger partial charge in [0.2, 0.25) is 11.8 Å². The van der Waals surface area contributed by atoms with Crippen molar-refractivity contribution in [2.75, 3.05) is 19.6 Å². The number of amides is 1. The molecule has 0 saturated carbocycles. The number of carbonyl (C=O) groups excluding carboxylic acids is 1. The van der Waals surface area contributed by atoms with Gasteiger partial charge in [-0.3, -0.25) is 9.69 Å².